The van der Waals surface area contributed by atoms with Gasteiger partial charge in [-0.3, -0.25) is 19.5 Å². The van der Waals surface area contributed by atoms with Crippen molar-refractivity contribution in [2.24, 2.45) is 0 Å². The number of benzene rings is 3. The number of hydrogen-bond acceptors (Lipinski definition) is 6. The number of fused-ring (bicyclic) bond motifs is 1. The molecule has 15 heteroatoms. The van der Waals surface area contributed by atoms with Crippen molar-refractivity contribution >= 4 is 88.9 Å². The highest BCUT2D eigenvalue weighted by atomic mass is 35.5. The van der Waals surface area contributed by atoms with Gasteiger partial charge in [-0.2, -0.15) is 5.10 Å². The molecule has 0 saturated heterocycles. The maximum Gasteiger partial charge on any atom is 0.264 e. The van der Waals surface area contributed by atoms with Crippen molar-refractivity contribution in [3.63, 3.8) is 0 Å². The molecule has 0 fully saturated rings. The minimum absolute atomic E-state index is 0.00792. The lowest BCUT2D eigenvalue weighted by molar-refractivity contribution is 0.599. The number of hydrogen-bond donors (Lipinski definition) is 3. The number of pyridine rings is 1. The molecule has 9 nitrogen and oxygen atoms in total. The van der Waals surface area contributed by atoms with E-state index >= 15 is 0 Å². The Morgan fingerprint density at radius 3 is 1.85 bits per heavy atom. The van der Waals surface area contributed by atoms with E-state index in [0.717, 1.165) is 0 Å². The van der Waals surface area contributed by atoms with Gasteiger partial charge in [-0.05, 0) is 54.6 Å². The molecule has 2 aromatic heterocycles. The number of halogens is 4. The lowest BCUT2D eigenvalue weighted by atomic mass is 10.1. The average Bonchev–Trinajstić information content (AvgIpc) is 3.28. The molecule has 39 heavy (non-hydrogen) atoms. The van der Waals surface area contributed by atoms with Crippen LogP contribution in [0.1, 0.15) is 0 Å². The van der Waals surface area contributed by atoms with Crippen LogP contribution in [0.4, 0.5) is 11.5 Å². The van der Waals surface area contributed by atoms with Gasteiger partial charge in [0.05, 0.1) is 26.6 Å². The van der Waals surface area contributed by atoms with E-state index in [9.17, 15) is 16.8 Å². The third-order valence-electron chi connectivity index (χ3n) is 5.48. The minimum Gasteiger partial charge on any atom is -0.280 e. The fraction of sp³-hybridized carbons (Fsp3) is 0. The van der Waals surface area contributed by atoms with Gasteiger partial charge in [0.15, 0.2) is 5.82 Å². The van der Waals surface area contributed by atoms with Gasteiger partial charge >= 0.3 is 0 Å². The largest absolute Gasteiger partial charge is 0.280 e. The van der Waals surface area contributed by atoms with Crippen molar-refractivity contribution in [3.8, 4) is 11.3 Å². The zero-order valence-corrected chi connectivity index (χ0v) is 23.9. The quantitative estimate of drug-likeness (QED) is 0.178. The van der Waals surface area contributed by atoms with E-state index in [0.29, 0.717) is 27.8 Å². The van der Waals surface area contributed by atoms with Crippen molar-refractivity contribution in [2.75, 3.05) is 9.44 Å². The molecule has 0 aliphatic carbocycles. The number of sulfonamides is 2. The number of rotatable bonds is 7. The number of aromatic amines is 1. The van der Waals surface area contributed by atoms with Crippen molar-refractivity contribution in [3.05, 3.63) is 93.0 Å². The summed E-state index contributed by atoms with van der Waals surface area (Å²) < 4.78 is 56.1. The van der Waals surface area contributed by atoms with Crippen LogP contribution in [-0.4, -0.2) is 32.0 Å². The summed E-state index contributed by atoms with van der Waals surface area (Å²) in [5.74, 6) is 0.0320. The zero-order valence-electron chi connectivity index (χ0n) is 19.3. The fourth-order valence-electron chi connectivity index (χ4n) is 3.62. The lowest BCUT2D eigenvalue weighted by Crippen LogP contribution is -2.14. The Kier molecular flexibility index (Phi) is 7.40. The maximum atomic E-state index is 12.9. The Labute approximate surface area is 243 Å². The standard InChI is InChI=1S/C24H15Cl4N5O4S2/c25-14-3-7-18(27)22(9-14)38(34,35)32-16-5-1-13(2-6-16)20-11-21-17(12-29-20)24(31-30-21)33-39(36,37)23-10-15(26)4-8-19(23)28/h1-12,32H,(H2,30,31,33). The SMILES string of the molecule is O=S(=O)(Nc1ccc(-c2cc3[nH]nc(NS(=O)(=O)c4cc(Cl)ccc4Cl)c3cn2)cc1)c1cc(Cl)ccc1Cl. The molecule has 0 bridgehead atoms. The van der Waals surface area contributed by atoms with Crippen LogP contribution >= 0.6 is 46.4 Å². The average molecular weight is 643 g/mol. The van der Waals surface area contributed by atoms with Crippen LogP contribution in [0.15, 0.2) is 82.7 Å². The van der Waals surface area contributed by atoms with Crippen LogP contribution in [0.2, 0.25) is 20.1 Å². The van der Waals surface area contributed by atoms with E-state index in [4.69, 9.17) is 46.4 Å². The number of H-pyrrole nitrogens is 1. The first kappa shape index (κ1) is 27.5. The topological polar surface area (TPSA) is 134 Å². The molecule has 3 aromatic carbocycles. The first-order valence-electron chi connectivity index (χ1n) is 10.8. The summed E-state index contributed by atoms with van der Waals surface area (Å²) in [6, 6.07) is 16.4. The summed E-state index contributed by atoms with van der Waals surface area (Å²) in [5.41, 5.74) is 2.01. The van der Waals surface area contributed by atoms with Crippen molar-refractivity contribution < 1.29 is 16.8 Å². The van der Waals surface area contributed by atoms with Gasteiger partial charge in [0.2, 0.25) is 0 Å². The molecule has 0 unspecified atom stereocenters. The first-order chi connectivity index (χ1) is 18.4. The van der Waals surface area contributed by atoms with Gasteiger partial charge in [-0.15, -0.1) is 0 Å². The summed E-state index contributed by atoms with van der Waals surface area (Å²) in [7, 11) is -8.06. The predicted molar refractivity (Wildman–Crippen MR) is 154 cm³/mol. The second-order valence-electron chi connectivity index (χ2n) is 8.13. The van der Waals surface area contributed by atoms with Crippen LogP contribution < -0.4 is 9.44 Å². The first-order valence-corrected chi connectivity index (χ1v) is 15.3. The Morgan fingerprint density at radius 2 is 1.26 bits per heavy atom. The van der Waals surface area contributed by atoms with Gasteiger partial charge in [0.1, 0.15) is 9.79 Å². The molecule has 0 saturated carbocycles. The van der Waals surface area contributed by atoms with E-state index in [1.807, 2.05) is 0 Å². The van der Waals surface area contributed by atoms with Gasteiger partial charge in [-0.1, -0.05) is 58.5 Å². The molecule has 200 valence electrons. The molecule has 0 radical (unpaired) electrons. The van der Waals surface area contributed by atoms with Gasteiger partial charge in [0, 0.05) is 27.5 Å². The van der Waals surface area contributed by atoms with E-state index < -0.39 is 20.0 Å². The Hall–Kier alpha value is -3.06. The Bertz CT molecular complexity index is 1950. The van der Waals surface area contributed by atoms with E-state index in [2.05, 4.69) is 24.6 Å². The highest BCUT2D eigenvalue weighted by Gasteiger charge is 2.22. The smallest absolute Gasteiger partial charge is 0.264 e. The predicted octanol–water partition coefficient (Wildman–Crippen LogP) is 6.84. The van der Waals surface area contributed by atoms with Crippen LogP contribution in [0, 0.1) is 0 Å². The highest BCUT2D eigenvalue weighted by Crippen LogP contribution is 2.31. The molecule has 5 aromatic rings. The fourth-order valence-corrected chi connectivity index (χ4v) is 7.22. The number of nitrogens with one attached hydrogen (secondary N) is 3. The summed E-state index contributed by atoms with van der Waals surface area (Å²) >= 11 is 23.9. The van der Waals surface area contributed by atoms with Gasteiger partial charge in [-0.25, -0.2) is 16.8 Å². The molecule has 0 atom stereocenters. The highest BCUT2D eigenvalue weighted by molar-refractivity contribution is 7.93. The third kappa shape index (κ3) is 5.79. The summed E-state index contributed by atoms with van der Waals surface area (Å²) in [5, 5.41) is 7.76. The third-order valence-corrected chi connectivity index (χ3v) is 9.63. The van der Waals surface area contributed by atoms with E-state index in [1.54, 1.807) is 30.3 Å². The molecule has 2 heterocycles. The summed E-state index contributed by atoms with van der Waals surface area (Å²) in [6.45, 7) is 0. The zero-order chi connectivity index (χ0) is 27.9. The molecule has 0 spiro atoms. The molecule has 5 rings (SSSR count). The van der Waals surface area contributed by atoms with Crippen LogP contribution in [0.25, 0.3) is 22.2 Å². The molecule has 0 aliphatic rings. The molecule has 0 aliphatic heterocycles. The van der Waals surface area contributed by atoms with E-state index in [-0.39, 0.29) is 35.7 Å². The number of nitrogens with zero attached hydrogens (tertiary/aromatic N) is 2. The maximum absolute atomic E-state index is 12.9. The second kappa shape index (κ2) is 10.5. The summed E-state index contributed by atoms with van der Waals surface area (Å²) in [6.07, 6.45) is 1.46. The summed E-state index contributed by atoms with van der Waals surface area (Å²) in [4.78, 5) is 4.07. The van der Waals surface area contributed by atoms with E-state index in [1.165, 1.54) is 42.6 Å². The molecular formula is C24H15Cl4N5O4S2. The molecule has 0 amide bonds. The lowest BCUT2D eigenvalue weighted by Gasteiger charge is -2.10. The Balaban J connectivity index is 1.37. The van der Waals surface area contributed by atoms with Crippen LogP contribution in [0.5, 0.6) is 0 Å². The van der Waals surface area contributed by atoms with Crippen LogP contribution in [0.3, 0.4) is 0 Å². The molecular weight excluding hydrogens is 628 g/mol. The Morgan fingerprint density at radius 1 is 0.692 bits per heavy atom. The van der Waals surface area contributed by atoms with Crippen molar-refractivity contribution in [1.29, 1.82) is 0 Å². The second-order valence-corrected chi connectivity index (χ2v) is 13.1. The monoisotopic (exact) mass is 641 g/mol. The number of anilines is 2. The normalized spacial score (nSPS) is 12.0. The number of aromatic nitrogens is 3. The van der Waals surface area contributed by atoms with Crippen LogP contribution in [-0.2, 0) is 20.0 Å². The van der Waals surface area contributed by atoms with Crippen molar-refractivity contribution in [1.82, 2.24) is 15.2 Å². The van der Waals surface area contributed by atoms with Gasteiger partial charge in [0.25, 0.3) is 20.0 Å². The van der Waals surface area contributed by atoms with Crippen molar-refractivity contribution in [2.45, 2.75) is 9.79 Å². The minimum atomic E-state index is -4.08. The van der Waals surface area contributed by atoms with Gasteiger partial charge < -0.3 is 0 Å². The molecule has 3 N–H and O–H groups in total.